The summed E-state index contributed by atoms with van der Waals surface area (Å²) in [4.78, 5) is 69.7. The van der Waals surface area contributed by atoms with Crippen LogP contribution >= 0.6 is 0 Å². The van der Waals surface area contributed by atoms with E-state index in [0.717, 1.165) is 22.0 Å². The maximum absolute atomic E-state index is 13.7. The Labute approximate surface area is 252 Å². The van der Waals surface area contributed by atoms with E-state index in [-0.39, 0.29) is 36.1 Å². The van der Waals surface area contributed by atoms with Gasteiger partial charge in [-0.1, -0.05) is 55.5 Å². The molecule has 2 N–H and O–H groups in total. The van der Waals surface area contributed by atoms with Gasteiger partial charge in [-0.3, -0.25) is 19.2 Å². The van der Waals surface area contributed by atoms with Crippen LogP contribution in [0.2, 0.25) is 0 Å². The van der Waals surface area contributed by atoms with Gasteiger partial charge < -0.3 is 24.7 Å². The molecule has 0 fully saturated rings. The molecule has 4 aromatic rings. The Morgan fingerprint density at radius 2 is 1.82 bits per heavy atom. The molecule has 2 amide bonds. The zero-order chi connectivity index (χ0) is 31.0. The average Bonchev–Trinajstić information content (AvgIpc) is 3.38. The van der Waals surface area contributed by atoms with Crippen LogP contribution in [-0.2, 0) is 53.8 Å². The number of nitrogens with one attached hydrogen (secondary N) is 2. The highest BCUT2D eigenvalue weighted by Crippen LogP contribution is 2.40. The molecule has 0 radical (unpaired) electrons. The Hall–Kier alpha value is -5.32. The van der Waals surface area contributed by atoms with Crippen LogP contribution in [-0.4, -0.2) is 45.9 Å². The number of hydrogen-bond donors (Lipinski definition) is 2. The summed E-state index contributed by atoms with van der Waals surface area (Å²) in [7, 11) is 0. The van der Waals surface area contributed by atoms with Gasteiger partial charge in [0.2, 0.25) is 17.4 Å². The van der Waals surface area contributed by atoms with E-state index >= 15 is 0 Å². The van der Waals surface area contributed by atoms with Crippen molar-refractivity contribution in [3.8, 4) is 11.4 Å². The number of ether oxygens (including phenoxy) is 2. The lowest BCUT2D eigenvalue weighted by atomic mass is 9.85. The van der Waals surface area contributed by atoms with Gasteiger partial charge in [0.05, 0.1) is 29.0 Å². The first-order valence-electron chi connectivity index (χ1n) is 14.3. The summed E-state index contributed by atoms with van der Waals surface area (Å²) in [5.41, 5.74) is 1.79. The van der Waals surface area contributed by atoms with Crippen LogP contribution in [0.25, 0.3) is 22.3 Å². The molecule has 0 bridgehead atoms. The van der Waals surface area contributed by atoms with Crippen LogP contribution in [0.3, 0.4) is 0 Å². The van der Waals surface area contributed by atoms with Crippen molar-refractivity contribution in [2.24, 2.45) is 0 Å². The Balaban J connectivity index is 1.27. The number of carbonyl (C=O) groups excluding carboxylic acids is 4. The topological polar surface area (TPSA) is 146 Å². The van der Waals surface area contributed by atoms with Crippen LogP contribution in [0.5, 0.6) is 0 Å². The number of para-hydroxylation sites is 1. The molecule has 224 valence electrons. The number of fused-ring (bicyclic) bond motifs is 5. The number of nitrogens with zero attached hydrogens (tertiary/aromatic N) is 2. The molecular formula is C33H30N4O7. The maximum atomic E-state index is 13.7. The zero-order valence-corrected chi connectivity index (χ0v) is 24.2. The van der Waals surface area contributed by atoms with Gasteiger partial charge in [-0.05, 0) is 30.2 Å². The van der Waals surface area contributed by atoms with E-state index in [9.17, 15) is 24.0 Å². The normalized spacial score (nSPS) is 17.1. The zero-order valence-electron chi connectivity index (χ0n) is 24.2. The predicted octanol–water partition coefficient (Wildman–Crippen LogP) is 2.49. The lowest BCUT2D eigenvalue weighted by Gasteiger charge is -2.35. The fourth-order valence-electron chi connectivity index (χ4n) is 5.90. The van der Waals surface area contributed by atoms with Crippen molar-refractivity contribution < 1.29 is 28.7 Å². The number of benzene rings is 2. The minimum absolute atomic E-state index is 0.0120. The molecule has 2 aliphatic heterocycles. The molecular weight excluding hydrogens is 564 g/mol. The van der Waals surface area contributed by atoms with E-state index in [1.54, 1.807) is 17.6 Å². The molecule has 0 saturated heterocycles. The highest BCUT2D eigenvalue weighted by atomic mass is 16.6. The van der Waals surface area contributed by atoms with Gasteiger partial charge in [0.15, 0.2) is 0 Å². The second kappa shape index (κ2) is 11.4. The Morgan fingerprint density at radius 1 is 1.07 bits per heavy atom. The van der Waals surface area contributed by atoms with E-state index in [4.69, 9.17) is 14.5 Å². The average molecular weight is 595 g/mol. The van der Waals surface area contributed by atoms with Crippen LogP contribution in [0, 0.1) is 0 Å². The first-order valence-corrected chi connectivity index (χ1v) is 14.3. The van der Waals surface area contributed by atoms with Gasteiger partial charge in [0, 0.05) is 29.9 Å². The van der Waals surface area contributed by atoms with Crippen molar-refractivity contribution in [1.82, 2.24) is 20.2 Å². The molecule has 11 heteroatoms. The number of rotatable bonds is 8. The molecule has 0 spiro atoms. The summed E-state index contributed by atoms with van der Waals surface area (Å²) in [5.74, 6) is -2.71. The largest absolute Gasteiger partial charge is 0.457 e. The van der Waals surface area contributed by atoms with Crippen molar-refractivity contribution in [2.45, 2.75) is 51.5 Å². The molecule has 11 nitrogen and oxygen atoms in total. The van der Waals surface area contributed by atoms with Crippen molar-refractivity contribution in [2.75, 3.05) is 6.54 Å². The fourth-order valence-corrected chi connectivity index (χ4v) is 5.90. The quantitative estimate of drug-likeness (QED) is 0.261. The third kappa shape index (κ3) is 5.10. The lowest BCUT2D eigenvalue weighted by Crippen LogP contribution is -2.51. The second-order valence-electron chi connectivity index (χ2n) is 10.9. The summed E-state index contributed by atoms with van der Waals surface area (Å²) in [6, 6.07) is 19.5. The third-order valence-corrected chi connectivity index (χ3v) is 8.06. The number of hydrogen-bond acceptors (Lipinski definition) is 8. The first-order chi connectivity index (χ1) is 21.2. The highest BCUT2D eigenvalue weighted by molar-refractivity contribution is 5.91. The van der Waals surface area contributed by atoms with Crippen molar-refractivity contribution >= 4 is 34.7 Å². The SMILES string of the molecule is CC[C@@]1(OC(=O)CNC(=O)[C@H](Cc2ccccc2)NC(C)=O)C(=O)OCc2c1cc1n(c2=O)Cc2cc3ccccc3nc2-1. The molecule has 2 aromatic carbocycles. The molecule has 0 aliphatic carbocycles. The number of esters is 2. The molecule has 2 atom stereocenters. The van der Waals surface area contributed by atoms with Gasteiger partial charge in [0.25, 0.3) is 5.56 Å². The minimum atomic E-state index is -1.90. The van der Waals surface area contributed by atoms with Crippen molar-refractivity contribution in [3.05, 3.63) is 99.3 Å². The summed E-state index contributed by atoms with van der Waals surface area (Å²) in [6.45, 7) is 2.43. The Kier molecular flexibility index (Phi) is 7.46. The van der Waals surface area contributed by atoms with E-state index in [2.05, 4.69) is 10.6 Å². The number of cyclic esters (lactones) is 1. The van der Waals surface area contributed by atoms with E-state index in [0.29, 0.717) is 17.9 Å². The maximum Gasteiger partial charge on any atom is 0.355 e. The molecule has 6 rings (SSSR count). The highest BCUT2D eigenvalue weighted by Gasteiger charge is 2.50. The standard InChI is InChI=1S/C33H30N4O7/c1-3-33(44-28(39)16-34-30(40)26(35-19(2)38)13-20-9-5-4-6-10-20)24-15-27-29-22(14-21-11-7-8-12-25(21)36-29)17-37(27)31(41)23(24)18-43-32(33)42/h4-12,14-15,26H,3,13,16-18H2,1-2H3,(H,34,40)(H,35,38)/t26-,33-/m0/s1. The lowest BCUT2D eigenvalue weighted by molar-refractivity contribution is -0.189. The van der Waals surface area contributed by atoms with Crippen molar-refractivity contribution in [3.63, 3.8) is 0 Å². The molecule has 4 heterocycles. The van der Waals surface area contributed by atoms with Gasteiger partial charge in [-0.15, -0.1) is 0 Å². The number of carbonyl (C=O) groups is 4. The molecule has 2 aliphatic rings. The monoisotopic (exact) mass is 594 g/mol. The van der Waals surface area contributed by atoms with E-state index < -0.39 is 41.9 Å². The molecule has 0 unspecified atom stereocenters. The van der Waals surface area contributed by atoms with Gasteiger partial charge >= 0.3 is 11.9 Å². The Morgan fingerprint density at radius 3 is 2.57 bits per heavy atom. The van der Waals surface area contributed by atoms with Gasteiger partial charge in [-0.2, -0.15) is 0 Å². The van der Waals surface area contributed by atoms with Gasteiger partial charge in [0.1, 0.15) is 19.2 Å². The van der Waals surface area contributed by atoms with Gasteiger partial charge in [-0.25, -0.2) is 9.78 Å². The van der Waals surface area contributed by atoms with Crippen molar-refractivity contribution in [1.29, 1.82) is 0 Å². The minimum Gasteiger partial charge on any atom is -0.457 e. The summed E-state index contributed by atoms with van der Waals surface area (Å²) in [6.07, 6.45) is 0.196. The summed E-state index contributed by atoms with van der Waals surface area (Å²) in [5, 5.41) is 6.05. The van der Waals surface area contributed by atoms with Crippen LogP contribution in [0.15, 0.2) is 71.5 Å². The molecule has 0 saturated carbocycles. The van der Waals surface area contributed by atoms with Crippen LogP contribution in [0.4, 0.5) is 0 Å². The number of pyridine rings is 2. The fraction of sp³-hybridized carbons (Fsp3) is 0.273. The van der Waals surface area contributed by atoms with Crippen LogP contribution in [0.1, 0.15) is 42.5 Å². The van der Waals surface area contributed by atoms with E-state index in [1.165, 1.54) is 6.92 Å². The number of aromatic nitrogens is 2. The Bertz CT molecular complexity index is 1880. The first kappa shape index (κ1) is 28.8. The smallest absolute Gasteiger partial charge is 0.355 e. The number of amides is 2. The summed E-state index contributed by atoms with van der Waals surface area (Å²) >= 11 is 0. The summed E-state index contributed by atoms with van der Waals surface area (Å²) < 4.78 is 12.8. The van der Waals surface area contributed by atoms with E-state index in [1.807, 2.05) is 60.7 Å². The predicted molar refractivity (Wildman–Crippen MR) is 159 cm³/mol. The molecule has 44 heavy (non-hydrogen) atoms. The van der Waals surface area contributed by atoms with Crippen LogP contribution < -0.4 is 16.2 Å². The second-order valence-corrected chi connectivity index (χ2v) is 10.9. The third-order valence-electron chi connectivity index (χ3n) is 8.06. The molecule has 2 aromatic heterocycles.